The van der Waals surface area contributed by atoms with Crippen molar-refractivity contribution in [2.24, 2.45) is 0 Å². The average molecular weight is 392 g/mol. The van der Waals surface area contributed by atoms with Crippen molar-refractivity contribution in [3.8, 4) is 23.0 Å². The molecule has 1 aliphatic heterocycles. The van der Waals surface area contributed by atoms with Crippen molar-refractivity contribution in [3.63, 3.8) is 0 Å². The molecule has 0 fully saturated rings. The van der Waals surface area contributed by atoms with Gasteiger partial charge in [-0.3, -0.25) is 4.79 Å². The maximum atomic E-state index is 13.4. The second-order valence-electron chi connectivity index (χ2n) is 7.53. The maximum Gasteiger partial charge on any atom is 0.259 e. The Bertz CT molecular complexity index is 1360. The van der Waals surface area contributed by atoms with Crippen molar-refractivity contribution < 1.29 is 19.7 Å². The molecule has 0 bridgehead atoms. The molecule has 0 saturated carbocycles. The van der Waals surface area contributed by atoms with Crippen LogP contribution < -0.4 is 15.0 Å². The van der Waals surface area contributed by atoms with Gasteiger partial charge >= 0.3 is 0 Å². The molecule has 0 saturated heterocycles. The molecular formula is C22H20N2O5. The minimum Gasteiger partial charge on any atom is -0.504 e. The van der Waals surface area contributed by atoms with Crippen LogP contribution in [0.2, 0.25) is 0 Å². The lowest BCUT2D eigenvalue weighted by atomic mass is 10.00. The van der Waals surface area contributed by atoms with Gasteiger partial charge in [0.05, 0.1) is 10.9 Å². The summed E-state index contributed by atoms with van der Waals surface area (Å²) in [6.07, 6.45) is 0. The fourth-order valence-electron chi connectivity index (χ4n) is 3.94. The Morgan fingerprint density at radius 2 is 1.62 bits per heavy atom. The molecule has 4 aromatic rings. The third-order valence-electron chi connectivity index (χ3n) is 5.41. The topological polar surface area (TPSA) is 84.2 Å². The molecular weight excluding hydrogens is 372 g/mol. The van der Waals surface area contributed by atoms with Crippen LogP contribution in [0.5, 0.6) is 23.0 Å². The summed E-state index contributed by atoms with van der Waals surface area (Å²) in [7, 11) is 3.91. The summed E-state index contributed by atoms with van der Waals surface area (Å²) in [6.45, 7) is 1.33. The van der Waals surface area contributed by atoms with Crippen molar-refractivity contribution in [2.75, 3.05) is 27.4 Å². The second-order valence-corrected chi connectivity index (χ2v) is 7.53. The molecule has 2 N–H and O–H groups in total. The van der Waals surface area contributed by atoms with Gasteiger partial charge in [0.25, 0.3) is 5.56 Å². The number of phenols is 2. The first-order valence-corrected chi connectivity index (χ1v) is 9.33. The van der Waals surface area contributed by atoms with Crippen LogP contribution in [-0.4, -0.2) is 47.1 Å². The number of fused-ring (bicyclic) bond motifs is 6. The first-order chi connectivity index (χ1) is 13.9. The van der Waals surface area contributed by atoms with Crippen LogP contribution in [-0.2, 0) is 6.54 Å². The molecule has 2 heterocycles. The Hall–Kier alpha value is -3.45. The molecule has 148 valence electrons. The molecule has 0 atom stereocenters. The van der Waals surface area contributed by atoms with Crippen molar-refractivity contribution in [2.45, 2.75) is 6.54 Å². The molecule has 7 nitrogen and oxygen atoms in total. The number of rotatable bonds is 3. The van der Waals surface area contributed by atoms with Crippen LogP contribution in [0.25, 0.3) is 32.4 Å². The largest absolute Gasteiger partial charge is 0.504 e. The minimum atomic E-state index is -0.308. The minimum absolute atomic E-state index is 0.174. The zero-order valence-corrected chi connectivity index (χ0v) is 16.1. The van der Waals surface area contributed by atoms with E-state index in [9.17, 15) is 15.0 Å². The number of benzene rings is 3. The van der Waals surface area contributed by atoms with Crippen LogP contribution in [0, 0.1) is 0 Å². The number of phenolic OH excluding ortho intramolecular Hbond substituents is 2. The SMILES string of the molecule is CN(C)CCn1c(=O)c2cc(O)c(O)cc2c2ccc3cc4c(cc3c21)OCO4. The van der Waals surface area contributed by atoms with E-state index in [0.717, 1.165) is 21.7 Å². The van der Waals surface area contributed by atoms with Crippen LogP contribution in [0.15, 0.2) is 41.2 Å². The third kappa shape index (κ3) is 2.66. The van der Waals surface area contributed by atoms with Gasteiger partial charge in [-0.25, -0.2) is 0 Å². The van der Waals surface area contributed by atoms with Crippen LogP contribution >= 0.6 is 0 Å². The molecule has 7 heteroatoms. The van der Waals surface area contributed by atoms with E-state index >= 15 is 0 Å². The van der Waals surface area contributed by atoms with Crippen LogP contribution in [0.4, 0.5) is 0 Å². The van der Waals surface area contributed by atoms with E-state index in [1.54, 1.807) is 4.57 Å². The summed E-state index contributed by atoms with van der Waals surface area (Å²) in [6, 6.07) is 10.5. The fraction of sp³-hybridized carbons (Fsp3) is 0.227. The first-order valence-electron chi connectivity index (χ1n) is 9.33. The lowest BCUT2D eigenvalue weighted by molar-refractivity contribution is 0.174. The lowest BCUT2D eigenvalue weighted by Gasteiger charge is -2.18. The first kappa shape index (κ1) is 17.6. The Morgan fingerprint density at radius 3 is 2.34 bits per heavy atom. The molecule has 0 spiro atoms. The molecule has 1 aromatic heterocycles. The van der Waals surface area contributed by atoms with E-state index in [1.807, 2.05) is 43.3 Å². The zero-order chi connectivity index (χ0) is 20.3. The Kier molecular flexibility index (Phi) is 3.82. The summed E-state index contributed by atoms with van der Waals surface area (Å²) in [4.78, 5) is 15.4. The Labute approximate surface area is 165 Å². The number of likely N-dealkylation sites (N-methyl/N-ethyl adjacent to an activating group) is 1. The fourth-order valence-corrected chi connectivity index (χ4v) is 3.94. The highest BCUT2D eigenvalue weighted by Gasteiger charge is 2.19. The summed E-state index contributed by atoms with van der Waals surface area (Å²) >= 11 is 0. The van der Waals surface area contributed by atoms with Gasteiger partial charge in [-0.2, -0.15) is 0 Å². The number of aromatic hydroxyl groups is 2. The van der Waals surface area contributed by atoms with Crippen molar-refractivity contribution >= 4 is 32.4 Å². The van der Waals surface area contributed by atoms with Crippen LogP contribution in [0.1, 0.15) is 0 Å². The van der Waals surface area contributed by atoms with Crippen molar-refractivity contribution in [3.05, 3.63) is 46.8 Å². The molecule has 1 aliphatic rings. The smallest absolute Gasteiger partial charge is 0.259 e. The average Bonchev–Trinajstić information content (AvgIpc) is 3.14. The van der Waals surface area contributed by atoms with E-state index in [0.29, 0.717) is 35.4 Å². The van der Waals surface area contributed by atoms with E-state index < -0.39 is 0 Å². The van der Waals surface area contributed by atoms with E-state index in [-0.39, 0.29) is 23.9 Å². The number of nitrogens with zero attached hydrogens (tertiary/aromatic N) is 2. The summed E-state index contributed by atoms with van der Waals surface area (Å²) in [5.41, 5.74) is 0.556. The van der Waals surface area contributed by atoms with Gasteiger partial charge in [0.1, 0.15) is 0 Å². The standard InChI is InChI=1S/C22H20N2O5/c1-23(2)5-6-24-21-13(15-8-17(25)18(26)9-16(15)22(24)27)4-3-12-7-19-20(10-14(12)21)29-11-28-19/h3-4,7-10,25-26H,5-6,11H2,1-2H3. The predicted molar refractivity (Wildman–Crippen MR) is 111 cm³/mol. The van der Waals surface area contributed by atoms with E-state index in [2.05, 4.69) is 0 Å². The second kappa shape index (κ2) is 6.28. The molecule has 29 heavy (non-hydrogen) atoms. The highest BCUT2D eigenvalue weighted by atomic mass is 16.7. The van der Waals surface area contributed by atoms with Gasteiger partial charge in [-0.15, -0.1) is 0 Å². The number of hydrogen-bond acceptors (Lipinski definition) is 6. The van der Waals surface area contributed by atoms with Gasteiger partial charge in [-0.1, -0.05) is 12.1 Å². The predicted octanol–water partition coefficient (Wildman–Crippen LogP) is 3.01. The van der Waals surface area contributed by atoms with Crippen LogP contribution in [0.3, 0.4) is 0 Å². The van der Waals surface area contributed by atoms with Gasteiger partial charge < -0.3 is 29.2 Å². The molecule has 0 unspecified atom stereocenters. The Morgan fingerprint density at radius 1 is 0.931 bits per heavy atom. The lowest BCUT2D eigenvalue weighted by Crippen LogP contribution is -2.27. The quantitative estimate of drug-likeness (QED) is 0.412. The van der Waals surface area contributed by atoms with E-state index in [1.165, 1.54) is 12.1 Å². The van der Waals surface area contributed by atoms with Gasteiger partial charge in [-0.05, 0) is 43.7 Å². The number of pyridine rings is 1. The third-order valence-corrected chi connectivity index (χ3v) is 5.41. The van der Waals surface area contributed by atoms with Gasteiger partial charge in [0.2, 0.25) is 6.79 Å². The van der Waals surface area contributed by atoms with E-state index in [4.69, 9.17) is 9.47 Å². The zero-order valence-electron chi connectivity index (χ0n) is 16.1. The summed E-state index contributed by atoms with van der Waals surface area (Å²) in [5.74, 6) is 0.764. The van der Waals surface area contributed by atoms with Gasteiger partial charge in [0, 0.05) is 29.2 Å². The molecule has 0 radical (unpaired) electrons. The molecule has 0 amide bonds. The van der Waals surface area contributed by atoms with Crippen molar-refractivity contribution in [1.82, 2.24) is 9.47 Å². The number of aromatic nitrogens is 1. The highest BCUT2D eigenvalue weighted by Crippen LogP contribution is 2.40. The number of ether oxygens (including phenoxy) is 2. The highest BCUT2D eigenvalue weighted by molar-refractivity contribution is 6.16. The molecule has 3 aromatic carbocycles. The number of hydrogen-bond donors (Lipinski definition) is 2. The normalized spacial score (nSPS) is 13.2. The summed E-state index contributed by atoms with van der Waals surface area (Å²) < 4.78 is 12.8. The molecule has 0 aliphatic carbocycles. The monoisotopic (exact) mass is 392 g/mol. The van der Waals surface area contributed by atoms with Gasteiger partial charge in [0.15, 0.2) is 23.0 Å². The van der Waals surface area contributed by atoms with Crippen molar-refractivity contribution in [1.29, 1.82) is 0 Å². The summed E-state index contributed by atoms with van der Waals surface area (Å²) in [5, 5.41) is 23.6. The Balaban J connectivity index is 1.96. The maximum absolute atomic E-state index is 13.4. The molecule has 5 rings (SSSR count).